The van der Waals surface area contributed by atoms with Crippen molar-refractivity contribution in [2.45, 2.75) is 20.0 Å². The van der Waals surface area contributed by atoms with E-state index in [0.29, 0.717) is 5.19 Å². The third-order valence-corrected chi connectivity index (χ3v) is 3.96. The van der Waals surface area contributed by atoms with Gasteiger partial charge in [-0.3, -0.25) is 0 Å². The number of nitrogens with one attached hydrogen (secondary N) is 1. The SMILES string of the molecule is COc1nc(C)c(CNCc2ccccc2OC)s1. The predicted molar refractivity (Wildman–Crippen MR) is 76.9 cm³/mol. The minimum atomic E-state index is 0.714. The summed E-state index contributed by atoms with van der Waals surface area (Å²) in [7, 11) is 3.33. The first kappa shape index (κ1) is 13.8. The Morgan fingerprint density at radius 3 is 2.63 bits per heavy atom. The second kappa shape index (κ2) is 6.54. The number of methoxy groups -OCH3 is 2. The Labute approximate surface area is 117 Å². The van der Waals surface area contributed by atoms with E-state index >= 15 is 0 Å². The molecule has 0 unspecified atom stereocenters. The van der Waals surface area contributed by atoms with E-state index in [1.807, 2.05) is 25.1 Å². The lowest BCUT2D eigenvalue weighted by Gasteiger charge is -2.08. The van der Waals surface area contributed by atoms with Crippen molar-refractivity contribution in [3.05, 3.63) is 40.4 Å². The molecule has 0 amide bonds. The molecule has 0 aliphatic rings. The van der Waals surface area contributed by atoms with E-state index < -0.39 is 0 Å². The summed E-state index contributed by atoms with van der Waals surface area (Å²) in [5, 5.41) is 4.12. The van der Waals surface area contributed by atoms with Crippen LogP contribution in [0, 0.1) is 6.92 Å². The average Bonchev–Trinajstić information content (AvgIpc) is 2.80. The van der Waals surface area contributed by atoms with Crippen molar-refractivity contribution in [1.82, 2.24) is 10.3 Å². The largest absolute Gasteiger partial charge is 0.496 e. The highest BCUT2D eigenvalue weighted by Crippen LogP contribution is 2.24. The molecule has 1 aromatic carbocycles. The number of thiazole rings is 1. The van der Waals surface area contributed by atoms with E-state index in [1.165, 1.54) is 4.88 Å². The van der Waals surface area contributed by atoms with Crippen LogP contribution in [0.2, 0.25) is 0 Å². The van der Waals surface area contributed by atoms with Crippen LogP contribution in [0.1, 0.15) is 16.1 Å². The van der Waals surface area contributed by atoms with Crippen molar-refractivity contribution in [1.29, 1.82) is 0 Å². The fourth-order valence-electron chi connectivity index (χ4n) is 1.81. The van der Waals surface area contributed by atoms with Crippen LogP contribution in [-0.2, 0) is 13.1 Å². The molecule has 19 heavy (non-hydrogen) atoms. The Morgan fingerprint density at radius 2 is 1.95 bits per heavy atom. The minimum Gasteiger partial charge on any atom is -0.496 e. The number of benzene rings is 1. The first-order valence-electron chi connectivity index (χ1n) is 6.07. The Kier molecular flexibility index (Phi) is 4.76. The van der Waals surface area contributed by atoms with E-state index in [0.717, 1.165) is 30.1 Å². The van der Waals surface area contributed by atoms with Crippen molar-refractivity contribution in [3.63, 3.8) is 0 Å². The van der Waals surface area contributed by atoms with Crippen LogP contribution in [0.3, 0.4) is 0 Å². The van der Waals surface area contributed by atoms with Gasteiger partial charge in [-0.25, -0.2) is 4.98 Å². The summed E-state index contributed by atoms with van der Waals surface area (Å²) < 4.78 is 10.5. The van der Waals surface area contributed by atoms with Crippen LogP contribution in [-0.4, -0.2) is 19.2 Å². The molecule has 0 saturated heterocycles. The van der Waals surface area contributed by atoms with Gasteiger partial charge in [-0.1, -0.05) is 29.5 Å². The summed E-state index contributed by atoms with van der Waals surface area (Å²) >= 11 is 1.58. The van der Waals surface area contributed by atoms with Crippen molar-refractivity contribution in [2.24, 2.45) is 0 Å². The highest BCUT2D eigenvalue weighted by Gasteiger charge is 2.07. The Morgan fingerprint density at radius 1 is 1.16 bits per heavy atom. The molecule has 5 heteroatoms. The molecular weight excluding hydrogens is 260 g/mol. The summed E-state index contributed by atoms with van der Waals surface area (Å²) in [6.45, 7) is 3.55. The Bertz CT molecular complexity index is 540. The molecule has 102 valence electrons. The highest BCUT2D eigenvalue weighted by molar-refractivity contribution is 7.13. The summed E-state index contributed by atoms with van der Waals surface area (Å²) in [6, 6.07) is 8.02. The molecule has 0 aliphatic heterocycles. The quantitative estimate of drug-likeness (QED) is 0.882. The number of ether oxygens (including phenoxy) is 2. The smallest absolute Gasteiger partial charge is 0.273 e. The first-order valence-corrected chi connectivity index (χ1v) is 6.89. The van der Waals surface area contributed by atoms with Crippen LogP contribution < -0.4 is 14.8 Å². The predicted octanol–water partition coefficient (Wildman–Crippen LogP) is 2.76. The van der Waals surface area contributed by atoms with E-state index in [9.17, 15) is 0 Å². The standard InChI is InChI=1S/C14H18N2O2S/c1-10-13(19-14(16-10)18-3)9-15-8-11-6-4-5-7-12(11)17-2/h4-7,15H,8-9H2,1-3H3. The molecular formula is C14H18N2O2S. The normalized spacial score (nSPS) is 10.5. The Hall–Kier alpha value is -1.59. The van der Waals surface area contributed by atoms with Crippen LogP contribution >= 0.6 is 11.3 Å². The topological polar surface area (TPSA) is 43.4 Å². The molecule has 2 aromatic rings. The molecule has 0 radical (unpaired) electrons. The molecule has 0 saturated carbocycles. The average molecular weight is 278 g/mol. The lowest BCUT2D eigenvalue weighted by atomic mass is 10.2. The zero-order valence-corrected chi connectivity index (χ0v) is 12.2. The number of rotatable bonds is 6. The van der Waals surface area contributed by atoms with Gasteiger partial charge in [0.15, 0.2) is 0 Å². The molecule has 1 heterocycles. The molecule has 0 aliphatic carbocycles. The van der Waals surface area contributed by atoms with E-state index in [-0.39, 0.29) is 0 Å². The minimum absolute atomic E-state index is 0.714. The van der Waals surface area contributed by atoms with Crippen LogP contribution in [0.4, 0.5) is 0 Å². The van der Waals surface area contributed by atoms with Crippen molar-refractivity contribution >= 4 is 11.3 Å². The highest BCUT2D eigenvalue weighted by atomic mass is 32.1. The molecule has 2 rings (SSSR count). The molecule has 0 spiro atoms. The van der Waals surface area contributed by atoms with Gasteiger partial charge in [0.2, 0.25) is 0 Å². The zero-order valence-electron chi connectivity index (χ0n) is 11.4. The summed E-state index contributed by atoms with van der Waals surface area (Å²) in [5.41, 5.74) is 2.17. The van der Waals surface area contributed by atoms with E-state index in [2.05, 4.69) is 16.4 Å². The van der Waals surface area contributed by atoms with Crippen LogP contribution in [0.25, 0.3) is 0 Å². The van der Waals surface area contributed by atoms with Crippen molar-refractivity contribution in [3.8, 4) is 10.9 Å². The third kappa shape index (κ3) is 3.45. The number of aryl methyl sites for hydroxylation is 1. The van der Waals surface area contributed by atoms with Gasteiger partial charge in [-0.05, 0) is 13.0 Å². The molecule has 4 nitrogen and oxygen atoms in total. The number of nitrogens with zero attached hydrogens (tertiary/aromatic N) is 1. The summed E-state index contributed by atoms with van der Waals surface area (Å²) in [4.78, 5) is 5.52. The molecule has 0 fully saturated rings. The van der Waals surface area contributed by atoms with Gasteiger partial charge in [-0.15, -0.1) is 0 Å². The maximum atomic E-state index is 5.32. The molecule has 1 aromatic heterocycles. The molecule has 0 bridgehead atoms. The van der Waals surface area contributed by atoms with Gasteiger partial charge in [0.1, 0.15) is 5.75 Å². The van der Waals surface area contributed by atoms with Crippen LogP contribution in [0.5, 0.6) is 10.9 Å². The summed E-state index contributed by atoms with van der Waals surface area (Å²) in [5.74, 6) is 0.911. The number of hydrogen-bond acceptors (Lipinski definition) is 5. The first-order chi connectivity index (χ1) is 9.24. The fourth-order valence-corrected chi connectivity index (χ4v) is 2.66. The number of aromatic nitrogens is 1. The van der Waals surface area contributed by atoms with Gasteiger partial charge in [0.05, 0.1) is 19.9 Å². The summed E-state index contributed by atoms with van der Waals surface area (Å²) in [6.07, 6.45) is 0. The van der Waals surface area contributed by atoms with Gasteiger partial charge < -0.3 is 14.8 Å². The molecule has 1 N–H and O–H groups in total. The van der Waals surface area contributed by atoms with Gasteiger partial charge >= 0.3 is 0 Å². The van der Waals surface area contributed by atoms with Crippen LogP contribution in [0.15, 0.2) is 24.3 Å². The zero-order chi connectivity index (χ0) is 13.7. The lowest BCUT2D eigenvalue weighted by molar-refractivity contribution is 0.407. The van der Waals surface area contributed by atoms with Crippen molar-refractivity contribution < 1.29 is 9.47 Å². The van der Waals surface area contributed by atoms with E-state index in [1.54, 1.807) is 25.6 Å². The monoisotopic (exact) mass is 278 g/mol. The maximum Gasteiger partial charge on any atom is 0.273 e. The fraction of sp³-hybridized carbons (Fsp3) is 0.357. The van der Waals surface area contributed by atoms with Gasteiger partial charge in [0, 0.05) is 23.5 Å². The van der Waals surface area contributed by atoms with Crippen molar-refractivity contribution in [2.75, 3.05) is 14.2 Å². The lowest BCUT2D eigenvalue weighted by Crippen LogP contribution is -2.13. The van der Waals surface area contributed by atoms with Gasteiger partial charge in [0.25, 0.3) is 5.19 Å². The number of hydrogen-bond donors (Lipinski definition) is 1. The second-order valence-electron chi connectivity index (χ2n) is 4.11. The maximum absolute atomic E-state index is 5.32. The second-order valence-corrected chi connectivity index (χ2v) is 5.15. The third-order valence-electron chi connectivity index (χ3n) is 2.84. The Balaban J connectivity index is 1.94. The number of para-hydroxylation sites is 1. The molecule has 0 atom stereocenters. The van der Waals surface area contributed by atoms with Gasteiger partial charge in [-0.2, -0.15) is 0 Å². The van der Waals surface area contributed by atoms with E-state index in [4.69, 9.17) is 9.47 Å².